The van der Waals surface area contributed by atoms with Crippen molar-refractivity contribution in [3.05, 3.63) is 0 Å². The van der Waals surface area contributed by atoms with Crippen LogP contribution in [0.3, 0.4) is 0 Å². The van der Waals surface area contributed by atoms with Crippen LogP contribution >= 0.6 is 12.6 Å². The molecule has 1 amide bonds. The summed E-state index contributed by atoms with van der Waals surface area (Å²) >= 11 is 4.09. The second kappa shape index (κ2) is 5.59. The SMILES string of the molecule is [B]CC(=O)[C@@H]1CCCN1C(=O)[C@H](C)CS. The topological polar surface area (TPSA) is 37.4 Å². The van der Waals surface area contributed by atoms with Crippen molar-refractivity contribution in [2.24, 2.45) is 5.92 Å². The molecule has 1 rings (SSSR count). The van der Waals surface area contributed by atoms with E-state index in [0.29, 0.717) is 12.3 Å². The Morgan fingerprint density at radius 1 is 1.60 bits per heavy atom. The van der Waals surface area contributed by atoms with Crippen LogP contribution in [0.1, 0.15) is 19.8 Å². The molecule has 0 aromatic heterocycles. The zero-order chi connectivity index (χ0) is 11.4. The van der Waals surface area contributed by atoms with E-state index in [4.69, 9.17) is 7.85 Å². The van der Waals surface area contributed by atoms with Crippen LogP contribution in [0.4, 0.5) is 0 Å². The fraction of sp³-hybridized carbons (Fsp3) is 0.800. The molecule has 1 fully saturated rings. The highest BCUT2D eigenvalue weighted by Crippen LogP contribution is 2.21. The van der Waals surface area contributed by atoms with Gasteiger partial charge in [-0.15, -0.1) is 0 Å². The summed E-state index contributed by atoms with van der Waals surface area (Å²) in [7, 11) is 5.32. The van der Waals surface area contributed by atoms with Gasteiger partial charge in [0.15, 0.2) is 0 Å². The normalized spacial score (nSPS) is 22.8. The van der Waals surface area contributed by atoms with Gasteiger partial charge in [0, 0.05) is 18.2 Å². The van der Waals surface area contributed by atoms with Gasteiger partial charge in [-0.05, 0) is 19.2 Å². The molecule has 1 aliphatic heterocycles. The lowest BCUT2D eigenvalue weighted by atomic mass is 9.94. The second-order valence-corrected chi connectivity index (χ2v) is 4.31. The van der Waals surface area contributed by atoms with Gasteiger partial charge in [0.1, 0.15) is 5.78 Å². The molecule has 0 unspecified atom stereocenters. The van der Waals surface area contributed by atoms with Gasteiger partial charge in [-0.2, -0.15) is 12.6 Å². The summed E-state index contributed by atoms with van der Waals surface area (Å²) < 4.78 is 0. The third-order valence-corrected chi connectivity index (χ3v) is 3.35. The van der Waals surface area contributed by atoms with Crippen molar-refractivity contribution in [1.29, 1.82) is 0 Å². The highest BCUT2D eigenvalue weighted by Gasteiger charge is 2.34. The van der Waals surface area contributed by atoms with Crippen molar-refractivity contribution < 1.29 is 9.59 Å². The Kier molecular flexibility index (Phi) is 4.70. The molecule has 0 spiro atoms. The van der Waals surface area contributed by atoms with Crippen molar-refractivity contribution in [2.45, 2.75) is 32.1 Å². The third kappa shape index (κ3) is 2.77. The molecule has 15 heavy (non-hydrogen) atoms. The molecule has 2 atom stereocenters. The largest absolute Gasteiger partial charge is 0.332 e. The predicted octanol–water partition coefficient (Wildman–Crippen LogP) is 0.699. The van der Waals surface area contributed by atoms with Gasteiger partial charge in [0.25, 0.3) is 0 Å². The summed E-state index contributed by atoms with van der Waals surface area (Å²) in [5.41, 5.74) is 0. The Bertz CT molecular complexity index is 260. The Hall–Kier alpha value is -0.445. The number of thiol groups is 1. The van der Waals surface area contributed by atoms with Gasteiger partial charge in [-0.25, -0.2) is 0 Å². The maximum Gasteiger partial charge on any atom is 0.226 e. The number of Topliss-reactive ketones (excluding diaryl/α,β-unsaturated/α-hetero) is 1. The Balaban J connectivity index is 2.68. The zero-order valence-corrected chi connectivity index (χ0v) is 9.87. The standard InChI is InChI=1S/C10H16BNO2S/c1-7(6-15)10(14)12-4-2-3-8(12)9(13)5-11/h7-8,15H,2-6H2,1H3/t7-,8+/m1/s1. The lowest BCUT2D eigenvalue weighted by Gasteiger charge is -2.25. The van der Waals surface area contributed by atoms with Crippen LogP contribution in [0.15, 0.2) is 0 Å². The van der Waals surface area contributed by atoms with Crippen LogP contribution in [0.5, 0.6) is 0 Å². The van der Waals surface area contributed by atoms with E-state index in [2.05, 4.69) is 12.6 Å². The van der Waals surface area contributed by atoms with Crippen LogP contribution in [-0.2, 0) is 9.59 Å². The minimum Gasteiger partial charge on any atom is -0.332 e. The maximum absolute atomic E-state index is 11.9. The number of rotatable bonds is 4. The fourth-order valence-corrected chi connectivity index (χ4v) is 2.02. The van der Waals surface area contributed by atoms with E-state index < -0.39 is 0 Å². The van der Waals surface area contributed by atoms with E-state index in [1.165, 1.54) is 0 Å². The first kappa shape index (κ1) is 12.6. The minimum atomic E-state index is -0.287. The number of carbonyl (C=O) groups is 2. The maximum atomic E-state index is 11.9. The van der Waals surface area contributed by atoms with Crippen LogP contribution in [0, 0.1) is 5.92 Å². The molecule has 3 nitrogen and oxygen atoms in total. The van der Waals surface area contributed by atoms with E-state index >= 15 is 0 Å². The molecule has 0 bridgehead atoms. The summed E-state index contributed by atoms with van der Waals surface area (Å²) in [5, 5.41) is 0. The molecule has 5 heteroatoms. The molecular weight excluding hydrogens is 209 g/mol. The number of amides is 1. The van der Waals surface area contributed by atoms with Gasteiger partial charge in [-0.1, -0.05) is 6.92 Å². The second-order valence-electron chi connectivity index (χ2n) is 3.94. The monoisotopic (exact) mass is 225 g/mol. The molecule has 0 aromatic carbocycles. The number of hydrogen-bond donors (Lipinski definition) is 1. The summed E-state index contributed by atoms with van der Waals surface area (Å²) in [6, 6.07) is -0.287. The molecule has 1 saturated heterocycles. The number of likely N-dealkylation sites (tertiary alicyclic amines) is 1. The summed E-state index contributed by atoms with van der Waals surface area (Å²) in [5.74, 6) is 0.375. The number of nitrogens with zero attached hydrogens (tertiary/aromatic N) is 1. The lowest BCUT2D eigenvalue weighted by Crippen LogP contribution is -2.43. The molecule has 2 radical (unpaired) electrons. The van der Waals surface area contributed by atoms with E-state index in [9.17, 15) is 9.59 Å². The highest BCUT2D eigenvalue weighted by atomic mass is 32.1. The number of ketones is 1. The van der Waals surface area contributed by atoms with Crippen molar-refractivity contribution in [1.82, 2.24) is 4.90 Å². The molecule has 0 N–H and O–H groups in total. The van der Waals surface area contributed by atoms with Crippen LogP contribution < -0.4 is 0 Å². The summed E-state index contributed by atoms with van der Waals surface area (Å²) in [4.78, 5) is 25.1. The summed E-state index contributed by atoms with van der Waals surface area (Å²) in [6.07, 6.45) is 1.66. The minimum absolute atomic E-state index is 0.0176. The van der Waals surface area contributed by atoms with E-state index in [0.717, 1.165) is 12.8 Å². The quantitative estimate of drug-likeness (QED) is 0.564. The van der Waals surface area contributed by atoms with E-state index in [1.807, 2.05) is 6.92 Å². The van der Waals surface area contributed by atoms with Crippen molar-refractivity contribution in [2.75, 3.05) is 12.3 Å². The Morgan fingerprint density at radius 3 is 2.80 bits per heavy atom. The molecular formula is C10H16BNO2S. The van der Waals surface area contributed by atoms with Gasteiger partial charge in [0.2, 0.25) is 5.91 Å². The first-order chi connectivity index (χ1) is 7.11. The average molecular weight is 225 g/mol. The van der Waals surface area contributed by atoms with Gasteiger partial charge in [0.05, 0.1) is 13.9 Å². The van der Waals surface area contributed by atoms with Crippen molar-refractivity contribution in [3.8, 4) is 0 Å². The zero-order valence-electron chi connectivity index (χ0n) is 8.98. The van der Waals surface area contributed by atoms with E-state index in [-0.39, 0.29) is 30.0 Å². The number of hydrogen-bond acceptors (Lipinski definition) is 3. The van der Waals surface area contributed by atoms with Gasteiger partial charge in [-0.3, -0.25) is 9.59 Å². The van der Waals surface area contributed by atoms with Crippen LogP contribution in [0.25, 0.3) is 0 Å². The Labute approximate surface area is 97.4 Å². The van der Waals surface area contributed by atoms with Gasteiger partial charge < -0.3 is 4.90 Å². The first-order valence-electron chi connectivity index (χ1n) is 5.26. The molecule has 0 aromatic rings. The summed E-state index contributed by atoms with van der Waals surface area (Å²) in [6.45, 7) is 2.50. The van der Waals surface area contributed by atoms with Crippen molar-refractivity contribution in [3.63, 3.8) is 0 Å². The third-order valence-electron chi connectivity index (χ3n) is 2.80. The average Bonchev–Trinajstić information content (AvgIpc) is 2.74. The Morgan fingerprint density at radius 2 is 2.27 bits per heavy atom. The molecule has 0 aliphatic carbocycles. The molecule has 82 valence electrons. The first-order valence-corrected chi connectivity index (χ1v) is 5.89. The predicted molar refractivity (Wildman–Crippen MR) is 63.3 cm³/mol. The smallest absolute Gasteiger partial charge is 0.226 e. The van der Waals surface area contributed by atoms with E-state index in [1.54, 1.807) is 4.90 Å². The van der Waals surface area contributed by atoms with Gasteiger partial charge >= 0.3 is 0 Å². The molecule has 1 heterocycles. The molecule has 1 aliphatic rings. The number of carbonyl (C=O) groups excluding carboxylic acids is 2. The highest BCUT2D eigenvalue weighted by molar-refractivity contribution is 7.80. The van der Waals surface area contributed by atoms with Crippen LogP contribution in [0.2, 0.25) is 6.32 Å². The lowest BCUT2D eigenvalue weighted by molar-refractivity contribution is -0.139. The van der Waals surface area contributed by atoms with Crippen molar-refractivity contribution >= 4 is 32.2 Å². The molecule has 0 saturated carbocycles. The fourth-order valence-electron chi connectivity index (χ4n) is 1.86. The van der Waals surface area contributed by atoms with Crippen LogP contribution in [-0.4, -0.2) is 42.8 Å².